The van der Waals surface area contributed by atoms with Gasteiger partial charge in [0.15, 0.2) is 0 Å². The second-order valence-electron chi connectivity index (χ2n) is 9.47. The lowest BCUT2D eigenvalue weighted by Gasteiger charge is -2.19. The lowest BCUT2D eigenvalue weighted by molar-refractivity contribution is -0.385. The van der Waals surface area contributed by atoms with Crippen LogP contribution in [-0.4, -0.2) is 35.2 Å². The summed E-state index contributed by atoms with van der Waals surface area (Å²) in [6.07, 6.45) is 0.0248. The van der Waals surface area contributed by atoms with Crippen LogP contribution in [0.1, 0.15) is 43.8 Å². The second kappa shape index (κ2) is 9.22. The van der Waals surface area contributed by atoms with Gasteiger partial charge in [-0.3, -0.25) is 29.3 Å². The number of hydrogen-bond acceptors (Lipinski definition) is 7. The summed E-state index contributed by atoms with van der Waals surface area (Å²) in [6, 6.07) is 14.1. The third-order valence-corrected chi connectivity index (χ3v) is 6.82. The van der Waals surface area contributed by atoms with E-state index in [0.29, 0.717) is 5.56 Å². The number of amides is 3. The Bertz CT molecular complexity index is 1560. The molecule has 0 saturated carbocycles. The largest absolute Gasteiger partial charge is 0.426 e. The molecular formula is C28H23N3O7. The van der Waals surface area contributed by atoms with Crippen molar-refractivity contribution in [3.8, 4) is 5.75 Å². The Kier molecular flexibility index (Phi) is 6.02. The first-order valence-electron chi connectivity index (χ1n) is 11.9. The first-order valence-corrected chi connectivity index (χ1v) is 11.9. The standard InChI is InChI=1S/C28H23N3O7/c1-15-7-9-21(16(2)11-15)29-14-18(13-24(29)32)28(35)38-19-8-10-22(17(3)12-19)30-26(33)20-5-4-6-23(31(36)37)25(20)27(30)34/h4-12,18H,13-14H2,1-3H3/t18-/m1/s1. The summed E-state index contributed by atoms with van der Waals surface area (Å²) >= 11 is 0. The number of carbonyl (C=O) groups excluding carboxylic acids is 4. The molecule has 10 heteroatoms. The van der Waals surface area contributed by atoms with E-state index in [1.165, 1.54) is 36.4 Å². The predicted molar refractivity (Wildman–Crippen MR) is 137 cm³/mol. The number of imide groups is 1. The summed E-state index contributed by atoms with van der Waals surface area (Å²) in [7, 11) is 0. The van der Waals surface area contributed by atoms with Crippen LogP contribution < -0.4 is 14.5 Å². The third-order valence-electron chi connectivity index (χ3n) is 6.82. The minimum atomic E-state index is -0.791. The van der Waals surface area contributed by atoms with Gasteiger partial charge in [0.05, 0.1) is 22.1 Å². The number of hydrogen-bond donors (Lipinski definition) is 0. The molecule has 0 aromatic heterocycles. The maximum atomic E-state index is 13.0. The summed E-state index contributed by atoms with van der Waals surface area (Å²) < 4.78 is 5.55. The van der Waals surface area contributed by atoms with Crippen molar-refractivity contribution in [1.29, 1.82) is 0 Å². The molecule has 0 radical (unpaired) electrons. The molecule has 3 aromatic rings. The molecule has 2 aliphatic heterocycles. The van der Waals surface area contributed by atoms with E-state index in [9.17, 15) is 29.3 Å². The highest BCUT2D eigenvalue weighted by Gasteiger charge is 2.42. The van der Waals surface area contributed by atoms with Crippen LogP contribution in [0.2, 0.25) is 0 Å². The Labute approximate surface area is 217 Å². The van der Waals surface area contributed by atoms with Gasteiger partial charge in [-0.15, -0.1) is 0 Å². The van der Waals surface area contributed by atoms with Crippen LogP contribution in [-0.2, 0) is 9.59 Å². The number of aryl methyl sites for hydroxylation is 3. The molecule has 2 aliphatic rings. The van der Waals surface area contributed by atoms with Gasteiger partial charge in [-0.1, -0.05) is 23.8 Å². The molecule has 5 rings (SSSR count). The number of nitro groups is 1. The number of nitrogens with zero attached hydrogens (tertiary/aromatic N) is 3. The summed E-state index contributed by atoms with van der Waals surface area (Å²) in [4.78, 5) is 64.7. The highest BCUT2D eigenvalue weighted by Crippen LogP contribution is 2.36. The zero-order valence-electron chi connectivity index (χ0n) is 20.9. The van der Waals surface area contributed by atoms with Crippen LogP contribution in [0.4, 0.5) is 17.1 Å². The molecule has 1 fully saturated rings. The van der Waals surface area contributed by atoms with E-state index in [0.717, 1.165) is 21.7 Å². The van der Waals surface area contributed by atoms with Gasteiger partial charge >= 0.3 is 5.97 Å². The number of anilines is 2. The highest BCUT2D eigenvalue weighted by atomic mass is 16.6. The molecule has 3 amide bonds. The van der Waals surface area contributed by atoms with Crippen molar-refractivity contribution in [2.75, 3.05) is 16.3 Å². The van der Waals surface area contributed by atoms with Gasteiger partial charge in [-0.2, -0.15) is 0 Å². The van der Waals surface area contributed by atoms with E-state index < -0.39 is 34.3 Å². The Morgan fingerprint density at radius 2 is 1.66 bits per heavy atom. The number of rotatable bonds is 5. The smallest absolute Gasteiger partial charge is 0.316 e. The summed E-state index contributed by atoms with van der Waals surface area (Å²) in [6.45, 7) is 5.71. The van der Waals surface area contributed by atoms with Crippen LogP contribution >= 0.6 is 0 Å². The van der Waals surface area contributed by atoms with Crippen LogP contribution in [0.15, 0.2) is 54.6 Å². The van der Waals surface area contributed by atoms with Crippen LogP contribution in [0.3, 0.4) is 0 Å². The minimum absolute atomic E-state index is 0.0248. The maximum absolute atomic E-state index is 13.0. The molecule has 1 atom stereocenters. The number of nitro benzene ring substituents is 1. The van der Waals surface area contributed by atoms with Gasteiger partial charge in [-0.25, -0.2) is 4.90 Å². The average Bonchev–Trinajstić information content (AvgIpc) is 3.37. The molecule has 192 valence electrons. The van der Waals surface area contributed by atoms with Crippen molar-refractivity contribution in [2.24, 2.45) is 5.92 Å². The van der Waals surface area contributed by atoms with Crippen LogP contribution in [0, 0.1) is 36.8 Å². The molecule has 0 unspecified atom stereocenters. The minimum Gasteiger partial charge on any atom is -0.426 e. The predicted octanol–water partition coefficient (Wildman–Crippen LogP) is 4.28. The van der Waals surface area contributed by atoms with E-state index in [1.54, 1.807) is 11.8 Å². The van der Waals surface area contributed by atoms with E-state index in [-0.39, 0.29) is 41.4 Å². The van der Waals surface area contributed by atoms with Crippen molar-refractivity contribution in [1.82, 2.24) is 0 Å². The molecule has 2 heterocycles. The third kappa shape index (κ3) is 4.09. The molecular weight excluding hydrogens is 490 g/mol. The van der Waals surface area contributed by atoms with Gasteiger partial charge in [0, 0.05) is 24.7 Å². The molecule has 0 bridgehead atoms. The Morgan fingerprint density at radius 3 is 2.34 bits per heavy atom. The lowest BCUT2D eigenvalue weighted by atomic mass is 10.1. The van der Waals surface area contributed by atoms with Crippen LogP contribution in [0.25, 0.3) is 0 Å². The quantitative estimate of drug-likeness (QED) is 0.164. The van der Waals surface area contributed by atoms with E-state index >= 15 is 0 Å². The van der Waals surface area contributed by atoms with E-state index in [4.69, 9.17) is 4.74 Å². The van der Waals surface area contributed by atoms with Gasteiger partial charge in [0.2, 0.25) is 5.91 Å². The van der Waals surface area contributed by atoms with Crippen LogP contribution in [0.5, 0.6) is 5.75 Å². The fourth-order valence-corrected chi connectivity index (χ4v) is 4.99. The van der Waals surface area contributed by atoms with Gasteiger partial charge in [0.1, 0.15) is 11.3 Å². The Balaban J connectivity index is 1.33. The monoisotopic (exact) mass is 513 g/mol. The number of ether oxygens (including phenoxy) is 1. The van der Waals surface area contributed by atoms with E-state index in [1.807, 2.05) is 32.0 Å². The van der Waals surface area contributed by atoms with Gasteiger partial charge in [0.25, 0.3) is 17.5 Å². The van der Waals surface area contributed by atoms with Crippen molar-refractivity contribution < 1.29 is 28.8 Å². The highest BCUT2D eigenvalue weighted by molar-refractivity contribution is 6.35. The topological polar surface area (TPSA) is 127 Å². The molecule has 0 N–H and O–H groups in total. The zero-order chi connectivity index (χ0) is 27.3. The number of carbonyl (C=O) groups is 4. The summed E-state index contributed by atoms with van der Waals surface area (Å²) in [5, 5.41) is 11.4. The lowest BCUT2D eigenvalue weighted by Crippen LogP contribution is -2.30. The molecule has 1 saturated heterocycles. The number of esters is 1. The molecule has 3 aromatic carbocycles. The molecule has 10 nitrogen and oxygen atoms in total. The normalized spacial score (nSPS) is 16.7. The molecule has 0 aliphatic carbocycles. The average molecular weight is 514 g/mol. The first-order chi connectivity index (χ1) is 18.1. The molecule has 0 spiro atoms. The fourth-order valence-electron chi connectivity index (χ4n) is 4.99. The van der Waals surface area contributed by atoms with Crippen molar-refractivity contribution in [3.63, 3.8) is 0 Å². The van der Waals surface area contributed by atoms with Gasteiger partial charge < -0.3 is 9.64 Å². The number of fused-ring (bicyclic) bond motifs is 1. The van der Waals surface area contributed by atoms with Crippen molar-refractivity contribution in [2.45, 2.75) is 27.2 Å². The molecule has 38 heavy (non-hydrogen) atoms. The van der Waals surface area contributed by atoms with Crippen molar-refractivity contribution in [3.05, 3.63) is 92.5 Å². The Hall–Kier alpha value is -4.86. The maximum Gasteiger partial charge on any atom is 0.316 e. The second-order valence-corrected chi connectivity index (χ2v) is 9.47. The fraction of sp³-hybridized carbons (Fsp3) is 0.214. The number of benzene rings is 3. The Morgan fingerprint density at radius 1 is 0.947 bits per heavy atom. The van der Waals surface area contributed by atoms with E-state index in [2.05, 4.69) is 0 Å². The zero-order valence-corrected chi connectivity index (χ0v) is 20.9. The SMILES string of the molecule is Cc1ccc(N2C[C@H](C(=O)Oc3ccc(N4C(=O)c5cccc([N+](=O)[O-])c5C4=O)c(C)c3)CC2=O)c(C)c1. The van der Waals surface area contributed by atoms with Crippen molar-refractivity contribution >= 4 is 40.8 Å². The summed E-state index contributed by atoms with van der Waals surface area (Å²) in [5.74, 6) is -2.64. The summed E-state index contributed by atoms with van der Waals surface area (Å²) in [5.41, 5.74) is 2.72. The van der Waals surface area contributed by atoms with Gasteiger partial charge in [-0.05, 0) is 62.2 Å². The first kappa shape index (κ1) is 24.8.